The zero-order valence-corrected chi connectivity index (χ0v) is 14.1. The monoisotopic (exact) mass is 335 g/mol. The molecule has 0 fully saturated rings. The highest BCUT2D eigenvalue weighted by molar-refractivity contribution is 5.97. The van der Waals surface area contributed by atoms with E-state index in [1.165, 1.54) is 0 Å². The van der Waals surface area contributed by atoms with Crippen LogP contribution in [-0.2, 0) is 6.54 Å². The van der Waals surface area contributed by atoms with Crippen LogP contribution in [0.2, 0.25) is 0 Å². The molecule has 1 aromatic heterocycles. The molecule has 0 aliphatic heterocycles. The molecule has 0 aliphatic carbocycles. The Labute approximate surface area is 147 Å². The molecule has 0 spiro atoms. The SMILES string of the molecule is C[C@@H](CCn1cccn1)NC(=O)c1ccccc1Oc1ccccc1. The first-order valence-corrected chi connectivity index (χ1v) is 8.32. The lowest BCUT2D eigenvalue weighted by atomic mass is 10.1. The van der Waals surface area contributed by atoms with Crippen molar-refractivity contribution < 1.29 is 9.53 Å². The first-order chi connectivity index (χ1) is 12.2. The average Bonchev–Trinajstić information content (AvgIpc) is 3.15. The fourth-order valence-electron chi connectivity index (χ4n) is 2.49. The first-order valence-electron chi connectivity index (χ1n) is 8.32. The molecule has 25 heavy (non-hydrogen) atoms. The Kier molecular flexibility index (Phi) is 5.46. The van der Waals surface area contributed by atoms with Crippen molar-refractivity contribution in [1.82, 2.24) is 15.1 Å². The summed E-state index contributed by atoms with van der Waals surface area (Å²) in [5.74, 6) is 1.11. The largest absolute Gasteiger partial charge is 0.457 e. The van der Waals surface area contributed by atoms with Crippen LogP contribution in [0.15, 0.2) is 73.1 Å². The van der Waals surface area contributed by atoms with Crippen molar-refractivity contribution >= 4 is 5.91 Å². The van der Waals surface area contributed by atoms with Gasteiger partial charge < -0.3 is 10.1 Å². The Hall–Kier alpha value is -3.08. The van der Waals surface area contributed by atoms with Crippen molar-refractivity contribution in [3.05, 3.63) is 78.6 Å². The average molecular weight is 335 g/mol. The molecular formula is C20H21N3O2. The third kappa shape index (κ3) is 4.70. The van der Waals surface area contributed by atoms with Crippen LogP contribution < -0.4 is 10.1 Å². The van der Waals surface area contributed by atoms with E-state index in [4.69, 9.17) is 4.74 Å². The summed E-state index contributed by atoms with van der Waals surface area (Å²) < 4.78 is 7.71. The molecule has 0 bridgehead atoms. The molecule has 3 aromatic rings. The van der Waals surface area contributed by atoms with Crippen LogP contribution in [0.4, 0.5) is 0 Å². The van der Waals surface area contributed by atoms with E-state index >= 15 is 0 Å². The van der Waals surface area contributed by atoms with Gasteiger partial charge in [0.1, 0.15) is 11.5 Å². The summed E-state index contributed by atoms with van der Waals surface area (Å²) in [5.41, 5.74) is 0.525. The van der Waals surface area contributed by atoms with Gasteiger partial charge in [0.2, 0.25) is 0 Å². The minimum atomic E-state index is -0.139. The number of benzene rings is 2. The lowest BCUT2D eigenvalue weighted by Crippen LogP contribution is -2.33. The Balaban J connectivity index is 1.63. The van der Waals surface area contributed by atoms with Crippen molar-refractivity contribution in [1.29, 1.82) is 0 Å². The number of hydrogen-bond donors (Lipinski definition) is 1. The highest BCUT2D eigenvalue weighted by Gasteiger charge is 2.15. The number of carbonyl (C=O) groups excluding carboxylic acids is 1. The third-order valence-corrected chi connectivity index (χ3v) is 3.83. The fourth-order valence-corrected chi connectivity index (χ4v) is 2.49. The second kappa shape index (κ2) is 8.15. The van der Waals surface area contributed by atoms with Crippen molar-refractivity contribution in [3.63, 3.8) is 0 Å². The lowest BCUT2D eigenvalue weighted by Gasteiger charge is -2.16. The van der Waals surface area contributed by atoms with E-state index in [2.05, 4.69) is 10.4 Å². The zero-order valence-electron chi connectivity index (χ0n) is 14.1. The quantitative estimate of drug-likeness (QED) is 0.713. The molecule has 1 amide bonds. The van der Waals surface area contributed by atoms with Crippen molar-refractivity contribution in [2.24, 2.45) is 0 Å². The Bertz CT molecular complexity index is 801. The molecule has 3 rings (SSSR count). The molecule has 2 aromatic carbocycles. The summed E-state index contributed by atoms with van der Waals surface area (Å²) in [6, 6.07) is 18.6. The minimum absolute atomic E-state index is 0.0291. The van der Waals surface area contributed by atoms with Gasteiger partial charge in [0.15, 0.2) is 0 Å². The standard InChI is InChI=1S/C20H21N3O2/c1-16(12-15-23-14-7-13-21-23)22-20(24)18-10-5-6-11-19(18)25-17-8-3-2-4-9-17/h2-11,13-14,16H,12,15H2,1H3,(H,22,24)/t16-/m0/s1. The summed E-state index contributed by atoms with van der Waals surface area (Å²) in [7, 11) is 0. The molecule has 1 heterocycles. The maximum Gasteiger partial charge on any atom is 0.255 e. The molecule has 0 saturated heterocycles. The number of amides is 1. The van der Waals surface area contributed by atoms with E-state index < -0.39 is 0 Å². The van der Waals surface area contributed by atoms with Gasteiger partial charge in [0.05, 0.1) is 5.56 Å². The number of carbonyl (C=O) groups is 1. The van der Waals surface area contributed by atoms with Crippen LogP contribution in [-0.4, -0.2) is 21.7 Å². The molecule has 0 unspecified atom stereocenters. The first kappa shape index (κ1) is 16.8. The van der Waals surface area contributed by atoms with E-state index in [1.807, 2.05) is 66.3 Å². The van der Waals surface area contributed by atoms with Crippen molar-refractivity contribution in [2.75, 3.05) is 0 Å². The smallest absolute Gasteiger partial charge is 0.255 e. The molecule has 0 aliphatic rings. The van der Waals surface area contributed by atoms with Gasteiger partial charge in [-0.1, -0.05) is 30.3 Å². The van der Waals surface area contributed by atoms with E-state index in [0.29, 0.717) is 17.1 Å². The van der Waals surface area contributed by atoms with Gasteiger partial charge in [-0.15, -0.1) is 0 Å². The highest BCUT2D eigenvalue weighted by atomic mass is 16.5. The van der Waals surface area contributed by atoms with Crippen LogP contribution in [0, 0.1) is 0 Å². The van der Waals surface area contributed by atoms with E-state index in [1.54, 1.807) is 18.3 Å². The van der Waals surface area contributed by atoms with Gasteiger partial charge in [-0.25, -0.2) is 0 Å². The van der Waals surface area contributed by atoms with Crippen molar-refractivity contribution in [2.45, 2.75) is 25.9 Å². The second-order valence-electron chi connectivity index (χ2n) is 5.84. The molecule has 5 heteroatoms. The summed E-state index contributed by atoms with van der Waals surface area (Å²) in [4.78, 5) is 12.6. The van der Waals surface area contributed by atoms with E-state index in [-0.39, 0.29) is 11.9 Å². The number of nitrogens with zero attached hydrogens (tertiary/aromatic N) is 2. The molecule has 0 radical (unpaired) electrons. The molecule has 0 saturated carbocycles. The fraction of sp³-hybridized carbons (Fsp3) is 0.200. The molecule has 1 N–H and O–H groups in total. The molecule has 128 valence electrons. The maximum atomic E-state index is 12.6. The van der Waals surface area contributed by atoms with Gasteiger partial charge in [-0.05, 0) is 43.7 Å². The summed E-state index contributed by atoms with van der Waals surface area (Å²) in [5, 5.41) is 7.20. The summed E-state index contributed by atoms with van der Waals surface area (Å²) in [6.07, 6.45) is 4.47. The Morgan fingerprint density at radius 1 is 1.12 bits per heavy atom. The number of nitrogens with one attached hydrogen (secondary N) is 1. The zero-order chi connectivity index (χ0) is 17.5. The number of aryl methyl sites for hydroxylation is 1. The van der Waals surface area contributed by atoms with E-state index in [9.17, 15) is 4.79 Å². The van der Waals surface area contributed by atoms with Gasteiger partial charge in [-0.2, -0.15) is 5.10 Å². The van der Waals surface area contributed by atoms with Crippen molar-refractivity contribution in [3.8, 4) is 11.5 Å². The number of aromatic nitrogens is 2. The number of hydrogen-bond acceptors (Lipinski definition) is 3. The Morgan fingerprint density at radius 2 is 1.88 bits per heavy atom. The minimum Gasteiger partial charge on any atom is -0.457 e. The Morgan fingerprint density at radius 3 is 2.64 bits per heavy atom. The van der Waals surface area contributed by atoms with Crippen LogP contribution in [0.1, 0.15) is 23.7 Å². The van der Waals surface area contributed by atoms with Crippen LogP contribution >= 0.6 is 0 Å². The normalized spacial score (nSPS) is 11.7. The topological polar surface area (TPSA) is 56.2 Å². The highest BCUT2D eigenvalue weighted by Crippen LogP contribution is 2.25. The van der Waals surface area contributed by atoms with Gasteiger partial charge in [-0.3, -0.25) is 9.48 Å². The maximum absolute atomic E-state index is 12.6. The summed E-state index contributed by atoms with van der Waals surface area (Å²) >= 11 is 0. The van der Waals surface area contributed by atoms with Gasteiger partial charge in [0, 0.05) is 25.0 Å². The second-order valence-corrected chi connectivity index (χ2v) is 5.84. The van der Waals surface area contributed by atoms with Gasteiger partial charge >= 0.3 is 0 Å². The van der Waals surface area contributed by atoms with Gasteiger partial charge in [0.25, 0.3) is 5.91 Å². The van der Waals surface area contributed by atoms with Crippen LogP contribution in [0.25, 0.3) is 0 Å². The predicted molar refractivity (Wildman–Crippen MR) is 96.7 cm³/mol. The third-order valence-electron chi connectivity index (χ3n) is 3.83. The summed E-state index contributed by atoms with van der Waals surface area (Å²) in [6.45, 7) is 2.75. The number of para-hydroxylation sites is 2. The number of ether oxygens (including phenoxy) is 1. The van der Waals surface area contributed by atoms with Crippen LogP contribution in [0.3, 0.4) is 0 Å². The molecule has 5 nitrogen and oxygen atoms in total. The lowest BCUT2D eigenvalue weighted by molar-refractivity contribution is 0.0935. The molecular weight excluding hydrogens is 314 g/mol. The molecule has 1 atom stereocenters. The van der Waals surface area contributed by atoms with E-state index in [0.717, 1.165) is 13.0 Å². The number of rotatable bonds is 7. The predicted octanol–water partition coefficient (Wildman–Crippen LogP) is 3.88. The van der Waals surface area contributed by atoms with Crippen LogP contribution in [0.5, 0.6) is 11.5 Å².